The van der Waals surface area contributed by atoms with Crippen LogP contribution in [0.4, 0.5) is 5.69 Å². The van der Waals surface area contributed by atoms with E-state index in [4.69, 9.17) is 4.42 Å². The molecule has 1 fully saturated rings. The first kappa shape index (κ1) is 18.8. The van der Waals surface area contributed by atoms with Crippen LogP contribution < -0.4 is 5.32 Å². The standard InChI is InChI=1S/C21H24N4O2S/c1-14-6-7-20(27-14)18-12-19(24-23-18)21(26)22-17-5-3-4-16(15(17)2)13-25-8-10-28-11-9-25/h3-7,12H,8-11,13H2,1-2H3,(H,22,26)(H,23,24). The Morgan fingerprint density at radius 2 is 2.07 bits per heavy atom. The third-order valence-electron chi connectivity index (χ3n) is 5.01. The Bertz CT molecular complexity index is 972. The van der Waals surface area contributed by atoms with Gasteiger partial charge in [0.05, 0.1) is 0 Å². The van der Waals surface area contributed by atoms with Crippen LogP contribution in [0.25, 0.3) is 11.5 Å². The van der Waals surface area contributed by atoms with Crippen LogP contribution in [0, 0.1) is 13.8 Å². The number of aromatic amines is 1. The molecule has 2 N–H and O–H groups in total. The van der Waals surface area contributed by atoms with Gasteiger partial charge < -0.3 is 9.73 Å². The highest BCUT2D eigenvalue weighted by atomic mass is 32.2. The Morgan fingerprint density at radius 3 is 2.82 bits per heavy atom. The monoisotopic (exact) mass is 396 g/mol. The lowest BCUT2D eigenvalue weighted by Gasteiger charge is -2.27. The minimum atomic E-state index is -0.236. The van der Waals surface area contributed by atoms with E-state index in [9.17, 15) is 4.79 Å². The fourth-order valence-corrected chi connectivity index (χ4v) is 4.30. The van der Waals surface area contributed by atoms with Gasteiger partial charge in [0, 0.05) is 42.9 Å². The van der Waals surface area contributed by atoms with Crippen molar-refractivity contribution in [3.63, 3.8) is 0 Å². The average Bonchev–Trinajstić information content (AvgIpc) is 3.35. The summed E-state index contributed by atoms with van der Waals surface area (Å²) < 4.78 is 5.58. The van der Waals surface area contributed by atoms with Crippen LogP contribution in [0.1, 0.15) is 27.4 Å². The normalized spacial score (nSPS) is 14.9. The van der Waals surface area contributed by atoms with Crippen LogP contribution in [0.5, 0.6) is 0 Å². The van der Waals surface area contributed by atoms with E-state index in [0.29, 0.717) is 17.1 Å². The summed E-state index contributed by atoms with van der Waals surface area (Å²) in [5.74, 6) is 3.62. The zero-order valence-electron chi connectivity index (χ0n) is 16.1. The molecular formula is C21H24N4O2S. The van der Waals surface area contributed by atoms with E-state index < -0.39 is 0 Å². The summed E-state index contributed by atoms with van der Waals surface area (Å²) >= 11 is 2.01. The molecule has 146 valence electrons. The van der Waals surface area contributed by atoms with Crippen LogP contribution in [0.15, 0.2) is 40.8 Å². The van der Waals surface area contributed by atoms with Crippen molar-refractivity contribution in [2.45, 2.75) is 20.4 Å². The summed E-state index contributed by atoms with van der Waals surface area (Å²) in [7, 11) is 0. The third kappa shape index (κ3) is 4.15. The lowest BCUT2D eigenvalue weighted by molar-refractivity contribution is 0.102. The van der Waals surface area contributed by atoms with Crippen molar-refractivity contribution in [1.82, 2.24) is 15.1 Å². The lowest BCUT2D eigenvalue weighted by Crippen LogP contribution is -2.32. The molecule has 0 spiro atoms. The summed E-state index contributed by atoms with van der Waals surface area (Å²) in [6.45, 7) is 7.09. The number of H-pyrrole nitrogens is 1. The van der Waals surface area contributed by atoms with Gasteiger partial charge in [-0.2, -0.15) is 16.9 Å². The number of carbonyl (C=O) groups is 1. The van der Waals surface area contributed by atoms with Crippen LogP contribution in [0.2, 0.25) is 0 Å². The molecule has 0 saturated carbocycles. The number of nitrogens with one attached hydrogen (secondary N) is 2. The molecule has 0 aliphatic carbocycles. The second kappa shape index (κ2) is 8.24. The number of aryl methyl sites for hydroxylation is 1. The predicted molar refractivity (Wildman–Crippen MR) is 113 cm³/mol. The van der Waals surface area contributed by atoms with E-state index in [1.54, 1.807) is 6.07 Å². The van der Waals surface area contributed by atoms with Crippen molar-refractivity contribution >= 4 is 23.4 Å². The lowest BCUT2D eigenvalue weighted by atomic mass is 10.1. The molecular weight excluding hydrogens is 372 g/mol. The van der Waals surface area contributed by atoms with Gasteiger partial charge >= 0.3 is 0 Å². The molecule has 7 heteroatoms. The van der Waals surface area contributed by atoms with E-state index in [1.807, 2.05) is 43.0 Å². The maximum atomic E-state index is 12.7. The fraction of sp³-hybridized carbons (Fsp3) is 0.333. The maximum Gasteiger partial charge on any atom is 0.276 e. The highest BCUT2D eigenvalue weighted by Crippen LogP contribution is 2.24. The van der Waals surface area contributed by atoms with E-state index >= 15 is 0 Å². The molecule has 0 atom stereocenters. The largest absolute Gasteiger partial charge is 0.460 e. The maximum absolute atomic E-state index is 12.7. The van der Waals surface area contributed by atoms with Gasteiger partial charge in [-0.25, -0.2) is 0 Å². The second-order valence-corrected chi connectivity index (χ2v) is 8.23. The number of furan rings is 1. The molecule has 1 amide bonds. The highest BCUT2D eigenvalue weighted by Gasteiger charge is 2.16. The zero-order valence-corrected chi connectivity index (χ0v) is 16.9. The number of carbonyl (C=O) groups excluding carboxylic acids is 1. The van der Waals surface area contributed by atoms with Crippen molar-refractivity contribution in [3.8, 4) is 11.5 Å². The first-order chi connectivity index (χ1) is 13.6. The van der Waals surface area contributed by atoms with E-state index in [0.717, 1.165) is 36.6 Å². The molecule has 4 rings (SSSR count). The molecule has 0 bridgehead atoms. The molecule has 28 heavy (non-hydrogen) atoms. The number of nitrogens with zero attached hydrogens (tertiary/aromatic N) is 2. The van der Waals surface area contributed by atoms with Gasteiger partial charge in [0.25, 0.3) is 5.91 Å². The first-order valence-corrected chi connectivity index (χ1v) is 10.6. The van der Waals surface area contributed by atoms with Crippen molar-refractivity contribution in [3.05, 3.63) is 59.0 Å². The van der Waals surface area contributed by atoms with Crippen LogP contribution in [0.3, 0.4) is 0 Å². The van der Waals surface area contributed by atoms with Crippen molar-refractivity contribution in [2.75, 3.05) is 29.9 Å². The predicted octanol–water partition coefficient (Wildman–Crippen LogP) is 4.09. The SMILES string of the molecule is Cc1ccc(-c2cc(C(=O)Nc3cccc(CN4CCSCC4)c3C)n[nH]2)o1. The van der Waals surface area contributed by atoms with Gasteiger partial charge in [0.1, 0.15) is 11.5 Å². The van der Waals surface area contributed by atoms with Crippen LogP contribution >= 0.6 is 11.8 Å². The van der Waals surface area contributed by atoms with E-state index in [-0.39, 0.29) is 5.91 Å². The second-order valence-electron chi connectivity index (χ2n) is 7.01. The van der Waals surface area contributed by atoms with E-state index in [2.05, 4.69) is 33.4 Å². The summed E-state index contributed by atoms with van der Waals surface area (Å²) in [6.07, 6.45) is 0. The zero-order chi connectivity index (χ0) is 19.5. The van der Waals surface area contributed by atoms with Gasteiger partial charge in [0.15, 0.2) is 11.5 Å². The Morgan fingerprint density at radius 1 is 1.25 bits per heavy atom. The quantitative estimate of drug-likeness (QED) is 0.680. The Kier molecular flexibility index (Phi) is 5.54. The Balaban J connectivity index is 1.47. The fourth-order valence-electron chi connectivity index (χ4n) is 3.32. The third-order valence-corrected chi connectivity index (χ3v) is 5.95. The molecule has 3 heterocycles. The first-order valence-electron chi connectivity index (χ1n) is 9.42. The van der Waals surface area contributed by atoms with Crippen molar-refractivity contribution < 1.29 is 9.21 Å². The smallest absolute Gasteiger partial charge is 0.276 e. The number of aromatic nitrogens is 2. The van der Waals surface area contributed by atoms with Gasteiger partial charge in [-0.05, 0) is 43.2 Å². The number of thioether (sulfide) groups is 1. The molecule has 1 aliphatic rings. The molecule has 6 nitrogen and oxygen atoms in total. The molecule has 1 aliphatic heterocycles. The number of rotatable bonds is 5. The van der Waals surface area contributed by atoms with Crippen LogP contribution in [-0.4, -0.2) is 45.6 Å². The Labute approximate surface area is 168 Å². The molecule has 2 aromatic heterocycles. The van der Waals surface area contributed by atoms with Gasteiger partial charge in [-0.15, -0.1) is 0 Å². The molecule has 1 aromatic carbocycles. The highest BCUT2D eigenvalue weighted by molar-refractivity contribution is 7.99. The summed E-state index contributed by atoms with van der Waals surface area (Å²) in [4.78, 5) is 15.1. The molecule has 0 unspecified atom stereocenters. The molecule has 3 aromatic rings. The summed E-state index contributed by atoms with van der Waals surface area (Å²) in [6, 6.07) is 11.5. The number of hydrogen-bond acceptors (Lipinski definition) is 5. The number of amides is 1. The number of anilines is 1. The molecule has 1 saturated heterocycles. The minimum absolute atomic E-state index is 0.236. The summed E-state index contributed by atoms with van der Waals surface area (Å²) in [5.41, 5.74) is 4.20. The topological polar surface area (TPSA) is 74.2 Å². The van der Waals surface area contributed by atoms with E-state index in [1.165, 1.54) is 17.1 Å². The van der Waals surface area contributed by atoms with Crippen molar-refractivity contribution in [2.24, 2.45) is 0 Å². The Hall–Kier alpha value is -2.51. The van der Waals surface area contributed by atoms with Crippen LogP contribution in [-0.2, 0) is 6.54 Å². The van der Waals surface area contributed by atoms with Gasteiger partial charge in [0.2, 0.25) is 0 Å². The van der Waals surface area contributed by atoms with Crippen molar-refractivity contribution in [1.29, 1.82) is 0 Å². The summed E-state index contributed by atoms with van der Waals surface area (Å²) in [5, 5.41) is 10.0. The molecule has 0 radical (unpaired) electrons. The number of benzene rings is 1. The number of hydrogen-bond donors (Lipinski definition) is 2. The van der Waals surface area contributed by atoms with Gasteiger partial charge in [-0.3, -0.25) is 14.8 Å². The average molecular weight is 397 g/mol. The van der Waals surface area contributed by atoms with Gasteiger partial charge in [-0.1, -0.05) is 12.1 Å². The minimum Gasteiger partial charge on any atom is -0.460 e.